The van der Waals surface area contributed by atoms with Gasteiger partial charge in [0.2, 0.25) is 5.88 Å². The monoisotopic (exact) mass is 478 g/mol. The van der Waals surface area contributed by atoms with Gasteiger partial charge in [0.05, 0.1) is 26.4 Å². The molecule has 3 rings (SSSR count). The van der Waals surface area contributed by atoms with Crippen molar-refractivity contribution in [1.82, 2.24) is 9.55 Å². The van der Waals surface area contributed by atoms with E-state index in [1.54, 1.807) is 6.07 Å². The number of rotatable bonds is 7. The van der Waals surface area contributed by atoms with Gasteiger partial charge in [0.15, 0.2) is 6.61 Å². The molecule has 0 saturated carbocycles. The molecule has 0 spiro atoms. The van der Waals surface area contributed by atoms with Crippen LogP contribution in [0.4, 0.5) is 13.2 Å². The number of halogens is 4. The second-order valence-electron chi connectivity index (χ2n) is 6.21. The highest BCUT2D eigenvalue weighted by Crippen LogP contribution is 2.25. The first-order valence-electron chi connectivity index (χ1n) is 8.68. The lowest BCUT2D eigenvalue weighted by Crippen LogP contribution is -2.34. The van der Waals surface area contributed by atoms with E-state index >= 15 is 0 Å². The van der Waals surface area contributed by atoms with Crippen LogP contribution in [0.3, 0.4) is 0 Å². The van der Waals surface area contributed by atoms with Crippen molar-refractivity contribution in [2.24, 2.45) is 0 Å². The van der Waals surface area contributed by atoms with Crippen molar-refractivity contribution in [3.8, 4) is 11.6 Å². The van der Waals surface area contributed by atoms with Crippen LogP contribution in [-0.4, -0.2) is 54.9 Å². The van der Waals surface area contributed by atoms with Crippen molar-refractivity contribution in [2.45, 2.75) is 18.8 Å². The number of aromatic nitrogens is 2. The highest BCUT2D eigenvalue weighted by atomic mass is 79.9. The van der Waals surface area contributed by atoms with Gasteiger partial charge in [-0.05, 0) is 23.8 Å². The van der Waals surface area contributed by atoms with E-state index in [2.05, 4.69) is 20.9 Å². The van der Waals surface area contributed by atoms with E-state index in [-0.39, 0.29) is 30.9 Å². The Hall–Kier alpha value is -2.11. The van der Waals surface area contributed by atoms with Gasteiger partial charge in [0.25, 0.3) is 0 Å². The first kappa shape index (κ1) is 21.6. The molecule has 11 heteroatoms. The molecule has 1 aliphatic rings. The van der Waals surface area contributed by atoms with E-state index in [0.717, 1.165) is 0 Å². The summed E-state index contributed by atoms with van der Waals surface area (Å²) >= 11 is 3.32. The predicted molar refractivity (Wildman–Crippen MR) is 99.3 cm³/mol. The van der Waals surface area contributed by atoms with Gasteiger partial charge in [-0.2, -0.15) is 18.2 Å². The van der Waals surface area contributed by atoms with Crippen LogP contribution in [0.5, 0.6) is 11.6 Å². The Morgan fingerprint density at radius 2 is 2.07 bits per heavy atom. The largest absolute Gasteiger partial charge is 0.484 e. The zero-order valence-electron chi connectivity index (χ0n) is 15.2. The van der Waals surface area contributed by atoms with E-state index in [1.807, 2.05) is 0 Å². The summed E-state index contributed by atoms with van der Waals surface area (Å²) in [6, 6.07) is 5.94. The number of hydrogen-bond donors (Lipinski definition) is 0. The molecule has 0 N–H and O–H groups in total. The van der Waals surface area contributed by atoms with Gasteiger partial charge in [0.1, 0.15) is 18.5 Å². The summed E-state index contributed by atoms with van der Waals surface area (Å²) in [6.45, 7) is 0.359. The minimum absolute atomic E-state index is 0.0520. The third-order valence-electron chi connectivity index (χ3n) is 3.91. The number of alkyl halides is 3. The molecule has 0 radical (unpaired) electrons. The maximum atomic E-state index is 12.3. The fourth-order valence-corrected chi connectivity index (χ4v) is 2.91. The highest BCUT2D eigenvalue weighted by molar-refractivity contribution is 9.10. The fourth-order valence-electron chi connectivity index (χ4n) is 2.54. The molecular formula is C18H18BrF3N2O5. The molecule has 2 aromatic rings. The topological polar surface area (TPSA) is 71.8 Å². The quantitative estimate of drug-likeness (QED) is 0.609. The van der Waals surface area contributed by atoms with Crippen molar-refractivity contribution >= 4 is 15.9 Å². The van der Waals surface area contributed by atoms with Gasteiger partial charge in [-0.25, -0.2) is 4.79 Å². The summed E-state index contributed by atoms with van der Waals surface area (Å²) in [4.78, 5) is 16.1. The molecule has 1 saturated heterocycles. The number of benzene rings is 1. The van der Waals surface area contributed by atoms with Gasteiger partial charge in [-0.15, -0.1) is 0 Å². The second kappa shape index (κ2) is 9.59. The van der Waals surface area contributed by atoms with Gasteiger partial charge < -0.3 is 18.9 Å². The van der Waals surface area contributed by atoms with E-state index in [1.165, 1.54) is 29.0 Å². The maximum Gasteiger partial charge on any atom is 0.422 e. The lowest BCUT2D eigenvalue weighted by atomic mass is 10.2. The molecular weight excluding hydrogens is 461 g/mol. The van der Waals surface area contributed by atoms with Crippen LogP contribution in [0.2, 0.25) is 0 Å². The number of ether oxygens (including phenoxy) is 4. The van der Waals surface area contributed by atoms with Crippen LogP contribution in [0.25, 0.3) is 0 Å². The predicted octanol–water partition coefficient (Wildman–Crippen LogP) is 2.79. The van der Waals surface area contributed by atoms with Gasteiger partial charge in [-0.3, -0.25) is 4.57 Å². The first-order valence-corrected chi connectivity index (χ1v) is 9.47. The minimum Gasteiger partial charge on any atom is -0.484 e. The summed E-state index contributed by atoms with van der Waals surface area (Å²) in [5.41, 5.74) is 0.00632. The summed E-state index contributed by atoms with van der Waals surface area (Å²) in [5, 5.41) is 0. The van der Waals surface area contributed by atoms with Gasteiger partial charge in [0, 0.05) is 16.7 Å². The van der Waals surface area contributed by atoms with Crippen molar-refractivity contribution in [1.29, 1.82) is 0 Å². The molecule has 2 heterocycles. The molecule has 0 amide bonds. The van der Waals surface area contributed by atoms with E-state index < -0.39 is 18.5 Å². The van der Waals surface area contributed by atoms with E-state index in [4.69, 9.17) is 18.9 Å². The Kier molecular flexibility index (Phi) is 7.14. The fraction of sp³-hybridized carbons (Fsp3) is 0.444. The third kappa shape index (κ3) is 6.72. The van der Waals surface area contributed by atoms with Crippen molar-refractivity contribution in [2.75, 3.05) is 33.0 Å². The molecule has 7 nitrogen and oxygen atoms in total. The van der Waals surface area contributed by atoms with Crippen LogP contribution in [0, 0.1) is 0 Å². The molecule has 0 bridgehead atoms. The Labute approximate surface area is 172 Å². The van der Waals surface area contributed by atoms with Crippen molar-refractivity contribution in [3.63, 3.8) is 0 Å². The van der Waals surface area contributed by atoms with Crippen LogP contribution < -0.4 is 15.2 Å². The Bertz CT molecular complexity index is 885. The van der Waals surface area contributed by atoms with E-state index in [0.29, 0.717) is 29.9 Å². The van der Waals surface area contributed by atoms with Crippen LogP contribution >= 0.6 is 15.9 Å². The lowest BCUT2D eigenvalue weighted by molar-refractivity contribution is -0.153. The molecule has 29 heavy (non-hydrogen) atoms. The molecule has 1 aliphatic heterocycles. The average molecular weight is 479 g/mol. The summed E-state index contributed by atoms with van der Waals surface area (Å²) in [5.74, 6) is 0.206. The van der Waals surface area contributed by atoms with Gasteiger partial charge in [-0.1, -0.05) is 15.9 Å². The molecule has 1 aromatic carbocycles. The standard InChI is InChI=1S/C18H18BrF3N2O5/c19-15-2-1-13(29-11-18(20,21)22)7-12(15)8-24-4-3-16(23-17(24)25)28-10-14-9-26-5-6-27-14/h1-4,7,14H,5-6,8-11H2/t14-/m1/s1. The van der Waals surface area contributed by atoms with Crippen molar-refractivity contribution in [3.05, 3.63) is 51.0 Å². The summed E-state index contributed by atoms with van der Waals surface area (Å²) < 4.78 is 59.8. The zero-order valence-corrected chi connectivity index (χ0v) is 16.7. The Morgan fingerprint density at radius 3 is 2.76 bits per heavy atom. The molecule has 158 valence electrons. The maximum absolute atomic E-state index is 12.3. The summed E-state index contributed by atoms with van der Waals surface area (Å²) in [6.07, 6.45) is -3.15. The van der Waals surface area contributed by atoms with Crippen LogP contribution in [0.1, 0.15) is 5.56 Å². The highest BCUT2D eigenvalue weighted by Gasteiger charge is 2.28. The lowest BCUT2D eigenvalue weighted by Gasteiger charge is -2.22. The van der Waals surface area contributed by atoms with Crippen LogP contribution in [0.15, 0.2) is 39.7 Å². The van der Waals surface area contributed by atoms with Crippen molar-refractivity contribution < 1.29 is 32.1 Å². The zero-order chi connectivity index (χ0) is 20.9. The number of nitrogens with zero attached hydrogens (tertiary/aromatic N) is 2. The van der Waals surface area contributed by atoms with Gasteiger partial charge >= 0.3 is 11.9 Å². The molecule has 0 unspecified atom stereocenters. The molecule has 1 aromatic heterocycles. The third-order valence-corrected chi connectivity index (χ3v) is 4.68. The Morgan fingerprint density at radius 1 is 1.24 bits per heavy atom. The molecule has 1 atom stereocenters. The number of hydrogen-bond acceptors (Lipinski definition) is 6. The second-order valence-corrected chi connectivity index (χ2v) is 7.07. The molecule has 1 fully saturated rings. The summed E-state index contributed by atoms with van der Waals surface area (Å²) in [7, 11) is 0. The van der Waals surface area contributed by atoms with E-state index in [9.17, 15) is 18.0 Å². The smallest absolute Gasteiger partial charge is 0.422 e. The minimum atomic E-state index is -4.43. The molecule has 0 aliphatic carbocycles. The SMILES string of the molecule is O=c1nc(OC[C@H]2COCCO2)ccn1Cc1cc(OCC(F)(F)F)ccc1Br. The normalized spacial score (nSPS) is 17.2. The average Bonchev–Trinajstić information content (AvgIpc) is 2.69. The van der Waals surface area contributed by atoms with Crippen LogP contribution in [-0.2, 0) is 16.0 Å². The Balaban J connectivity index is 1.64. The first-order chi connectivity index (χ1) is 13.8.